The van der Waals surface area contributed by atoms with Gasteiger partial charge in [0, 0.05) is 12.8 Å². The minimum absolute atomic E-state index is 0.221. The van der Waals surface area contributed by atoms with Crippen LogP contribution in [-0.4, -0.2) is 36.2 Å². The molecular weight excluding hydrogens is 210 g/mol. The minimum Gasteiger partial charge on any atom is -0.481 e. The smallest absolute Gasteiger partial charge is 0.303 e. The third-order valence-electron chi connectivity index (χ3n) is 1.78. The van der Waals surface area contributed by atoms with Gasteiger partial charge in [-0.05, 0) is 26.9 Å². The van der Waals surface area contributed by atoms with Crippen LogP contribution in [-0.2, 0) is 9.59 Å². The summed E-state index contributed by atoms with van der Waals surface area (Å²) >= 11 is 0. The number of hydrogen-bond acceptors (Lipinski definition) is 3. The molecule has 0 spiro atoms. The summed E-state index contributed by atoms with van der Waals surface area (Å²) in [6, 6.07) is 0. The summed E-state index contributed by atoms with van der Waals surface area (Å²) in [5.41, 5.74) is 0. The van der Waals surface area contributed by atoms with E-state index in [1.807, 2.05) is 14.1 Å². The standard InChI is InChI=1S/C9H16O4.C2H7N/c10-8(11)6-4-2-1-3-5-7-9(12)13;1-3-2/h1-7H2,(H,10,11)(H,12,13);3H,1-2H3. The molecule has 0 heterocycles. The lowest BCUT2D eigenvalue weighted by Crippen LogP contribution is -1.95. The Bertz CT molecular complexity index is 165. The molecule has 5 nitrogen and oxygen atoms in total. The molecule has 0 aliphatic carbocycles. The fourth-order valence-electron chi connectivity index (χ4n) is 1.08. The van der Waals surface area contributed by atoms with Gasteiger partial charge in [0.25, 0.3) is 0 Å². The Kier molecular flexibility index (Phi) is 15.0. The second-order valence-electron chi connectivity index (χ2n) is 3.56. The van der Waals surface area contributed by atoms with Crippen LogP contribution < -0.4 is 5.32 Å². The van der Waals surface area contributed by atoms with Gasteiger partial charge in [0.2, 0.25) is 0 Å². The maximum absolute atomic E-state index is 10.1. The molecule has 0 bridgehead atoms. The van der Waals surface area contributed by atoms with Crippen molar-refractivity contribution in [1.82, 2.24) is 5.32 Å². The molecule has 0 saturated heterocycles. The molecule has 0 amide bonds. The highest BCUT2D eigenvalue weighted by molar-refractivity contribution is 5.66. The van der Waals surface area contributed by atoms with Crippen molar-refractivity contribution < 1.29 is 19.8 Å². The van der Waals surface area contributed by atoms with E-state index in [0.717, 1.165) is 19.3 Å². The van der Waals surface area contributed by atoms with Gasteiger partial charge in [-0.25, -0.2) is 0 Å². The van der Waals surface area contributed by atoms with Crippen LogP contribution in [0.4, 0.5) is 0 Å². The Balaban J connectivity index is 0. The van der Waals surface area contributed by atoms with Crippen LogP contribution in [0.2, 0.25) is 0 Å². The summed E-state index contributed by atoms with van der Waals surface area (Å²) in [6.45, 7) is 0. The van der Waals surface area contributed by atoms with Crippen molar-refractivity contribution >= 4 is 11.9 Å². The van der Waals surface area contributed by atoms with Gasteiger partial charge in [-0.1, -0.05) is 19.3 Å². The molecule has 16 heavy (non-hydrogen) atoms. The maximum atomic E-state index is 10.1. The summed E-state index contributed by atoms with van der Waals surface area (Å²) in [6.07, 6.45) is 4.53. The number of aliphatic carboxylic acids is 2. The van der Waals surface area contributed by atoms with E-state index >= 15 is 0 Å². The number of carbonyl (C=O) groups is 2. The number of unbranched alkanes of at least 4 members (excludes halogenated alkanes) is 4. The zero-order chi connectivity index (χ0) is 12.8. The first-order valence-electron chi connectivity index (χ1n) is 5.56. The third-order valence-corrected chi connectivity index (χ3v) is 1.78. The molecule has 0 aliphatic rings. The van der Waals surface area contributed by atoms with Gasteiger partial charge >= 0.3 is 11.9 Å². The van der Waals surface area contributed by atoms with Crippen LogP contribution in [0.15, 0.2) is 0 Å². The van der Waals surface area contributed by atoms with E-state index in [1.165, 1.54) is 0 Å². The summed E-state index contributed by atoms with van der Waals surface area (Å²) in [5, 5.41) is 19.4. The van der Waals surface area contributed by atoms with E-state index in [1.54, 1.807) is 0 Å². The predicted octanol–water partition coefficient (Wildman–Crippen LogP) is 1.72. The summed E-state index contributed by atoms with van der Waals surface area (Å²) in [5.74, 6) is -1.52. The van der Waals surface area contributed by atoms with Crippen LogP contribution in [0.3, 0.4) is 0 Å². The van der Waals surface area contributed by atoms with Gasteiger partial charge in [0.05, 0.1) is 0 Å². The van der Waals surface area contributed by atoms with Crippen LogP contribution >= 0.6 is 0 Å². The topological polar surface area (TPSA) is 86.6 Å². The Labute approximate surface area is 96.9 Å². The summed E-state index contributed by atoms with van der Waals surface area (Å²) < 4.78 is 0. The van der Waals surface area contributed by atoms with Crippen molar-refractivity contribution in [3.63, 3.8) is 0 Å². The highest BCUT2D eigenvalue weighted by Gasteiger charge is 1.98. The lowest BCUT2D eigenvalue weighted by molar-refractivity contribution is -0.138. The van der Waals surface area contributed by atoms with Gasteiger partial charge < -0.3 is 15.5 Å². The average molecular weight is 233 g/mol. The molecule has 0 aliphatic heterocycles. The lowest BCUT2D eigenvalue weighted by atomic mass is 10.1. The lowest BCUT2D eigenvalue weighted by Gasteiger charge is -1.97. The molecule has 0 saturated carbocycles. The largest absolute Gasteiger partial charge is 0.481 e. The highest BCUT2D eigenvalue weighted by Crippen LogP contribution is 2.06. The molecule has 96 valence electrons. The second-order valence-corrected chi connectivity index (χ2v) is 3.56. The highest BCUT2D eigenvalue weighted by atomic mass is 16.4. The number of carboxylic acid groups (broad SMARTS) is 2. The molecule has 3 N–H and O–H groups in total. The number of hydrogen-bond donors (Lipinski definition) is 3. The van der Waals surface area contributed by atoms with Gasteiger partial charge in [-0.2, -0.15) is 0 Å². The Morgan fingerprint density at radius 2 is 1.06 bits per heavy atom. The molecule has 0 fully saturated rings. The van der Waals surface area contributed by atoms with Gasteiger partial charge in [-0.15, -0.1) is 0 Å². The Morgan fingerprint density at radius 3 is 1.31 bits per heavy atom. The molecule has 0 aromatic heterocycles. The summed E-state index contributed by atoms with van der Waals surface area (Å²) in [4.78, 5) is 20.2. The normalized spacial score (nSPS) is 9.12. The van der Waals surface area contributed by atoms with Crippen molar-refractivity contribution in [3.8, 4) is 0 Å². The predicted molar refractivity (Wildman–Crippen MR) is 62.6 cm³/mol. The van der Waals surface area contributed by atoms with Crippen molar-refractivity contribution in [2.24, 2.45) is 0 Å². The third kappa shape index (κ3) is 23.1. The van der Waals surface area contributed by atoms with Crippen molar-refractivity contribution in [2.45, 2.75) is 44.9 Å². The molecule has 0 atom stereocenters. The van der Waals surface area contributed by atoms with Gasteiger partial charge in [0.1, 0.15) is 0 Å². The molecule has 5 heteroatoms. The monoisotopic (exact) mass is 233 g/mol. The molecule has 0 radical (unpaired) electrons. The quantitative estimate of drug-likeness (QED) is 0.556. The van der Waals surface area contributed by atoms with Crippen molar-refractivity contribution in [1.29, 1.82) is 0 Å². The SMILES string of the molecule is CNC.O=C(O)CCCCCCCC(=O)O. The van der Waals surface area contributed by atoms with E-state index < -0.39 is 11.9 Å². The van der Waals surface area contributed by atoms with Crippen LogP contribution in [0.1, 0.15) is 44.9 Å². The van der Waals surface area contributed by atoms with E-state index in [0.29, 0.717) is 12.8 Å². The molecule has 0 rings (SSSR count). The first-order valence-corrected chi connectivity index (χ1v) is 5.56. The van der Waals surface area contributed by atoms with Crippen molar-refractivity contribution in [2.75, 3.05) is 14.1 Å². The zero-order valence-electron chi connectivity index (χ0n) is 10.2. The first-order chi connectivity index (χ1) is 7.54. The second kappa shape index (κ2) is 13.9. The first kappa shape index (κ1) is 17.3. The average Bonchev–Trinajstić information content (AvgIpc) is 2.16. The fourth-order valence-corrected chi connectivity index (χ4v) is 1.08. The maximum Gasteiger partial charge on any atom is 0.303 e. The molecule has 0 aromatic rings. The van der Waals surface area contributed by atoms with Crippen LogP contribution in [0, 0.1) is 0 Å². The van der Waals surface area contributed by atoms with E-state index in [2.05, 4.69) is 5.32 Å². The zero-order valence-corrected chi connectivity index (χ0v) is 10.2. The minimum atomic E-state index is -0.759. The molecule has 0 aromatic carbocycles. The molecular formula is C11H23NO4. The van der Waals surface area contributed by atoms with E-state index in [-0.39, 0.29) is 12.8 Å². The number of nitrogens with one attached hydrogen (secondary N) is 1. The van der Waals surface area contributed by atoms with E-state index in [9.17, 15) is 9.59 Å². The van der Waals surface area contributed by atoms with E-state index in [4.69, 9.17) is 10.2 Å². The number of carboxylic acids is 2. The summed E-state index contributed by atoms with van der Waals surface area (Å²) in [7, 11) is 3.75. The Morgan fingerprint density at radius 1 is 0.812 bits per heavy atom. The molecule has 0 unspecified atom stereocenters. The van der Waals surface area contributed by atoms with Crippen LogP contribution in [0.5, 0.6) is 0 Å². The number of rotatable bonds is 8. The fraction of sp³-hybridized carbons (Fsp3) is 0.818. The van der Waals surface area contributed by atoms with Crippen LogP contribution in [0.25, 0.3) is 0 Å². The Hall–Kier alpha value is -1.10. The van der Waals surface area contributed by atoms with Gasteiger partial charge in [0.15, 0.2) is 0 Å². The van der Waals surface area contributed by atoms with Gasteiger partial charge in [-0.3, -0.25) is 9.59 Å². The van der Waals surface area contributed by atoms with Crippen molar-refractivity contribution in [3.05, 3.63) is 0 Å².